The smallest absolute Gasteiger partial charge is 0.317 e. The fraction of sp³-hybridized carbons (Fsp3) is 0.471. The summed E-state index contributed by atoms with van der Waals surface area (Å²) < 4.78 is 0. The lowest BCUT2D eigenvalue weighted by Crippen LogP contribution is -2.42. The molecular weight excluding hydrogens is 264 g/mol. The highest BCUT2D eigenvalue weighted by Gasteiger charge is 2.15. The van der Waals surface area contributed by atoms with Crippen LogP contribution in [0.5, 0.6) is 0 Å². The molecule has 2 N–H and O–H groups in total. The van der Waals surface area contributed by atoms with Crippen molar-refractivity contribution in [1.29, 1.82) is 0 Å². The summed E-state index contributed by atoms with van der Waals surface area (Å²) in [4.78, 5) is 14.0. The number of carbonyl (C=O) groups is 1. The van der Waals surface area contributed by atoms with Gasteiger partial charge in [-0.3, -0.25) is 0 Å². The molecule has 0 radical (unpaired) electrons. The monoisotopic (exact) mass is 286 g/mol. The normalized spacial score (nSPS) is 14.2. The van der Waals surface area contributed by atoms with Crippen molar-refractivity contribution in [3.63, 3.8) is 0 Å². The zero-order chi connectivity index (χ0) is 14.9. The molecule has 4 heteroatoms. The Kier molecular flexibility index (Phi) is 6.11. The maximum atomic E-state index is 12.1. The van der Waals surface area contributed by atoms with E-state index >= 15 is 0 Å². The van der Waals surface area contributed by atoms with E-state index in [-0.39, 0.29) is 12.6 Å². The second-order valence-electron chi connectivity index (χ2n) is 5.14. The summed E-state index contributed by atoms with van der Waals surface area (Å²) in [5, 5.41) is 11.7. The number of urea groups is 1. The van der Waals surface area contributed by atoms with Gasteiger partial charge < -0.3 is 15.3 Å². The third kappa shape index (κ3) is 4.80. The van der Waals surface area contributed by atoms with Gasteiger partial charge in [0.25, 0.3) is 0 Å². The highest BCUT2D eigenvalue weighted by Crippen LogP contribution is 2.10. The largest absolute Gasteiger partial charge is 0.395 e. The molecule has 0 atom stereocenters. The van der Waals surface area contributed by atoms with Crippen molar-refractivity contribution in [2.24, 2.45) is 0 Å². The molecule has 4 nitrogen and oxygen atoms in total. The first kappa shape index (κ1) is 15.4. The first-order valence-corrected chi connectivity index (χ1v) is 7.51. The molecule has 0 spiro atoms. The molecule has 1 saturated heterocycles. The fourth-order valence-corrected chi connectivity index (χ4v) is 2.39. The van der Waals surface area contributed by atoms with Crippen LogP contribution in [-0.2, 0) is 6.54 Å². The molecule has 1 aliphatic heterocycles. The summed E-state index contributed by atoms with van der Waals surface area (Å²) >= 11 is 0. The topological polar surface area (TPSA) is 52.6 Å². The van der Waals surface area contributed by atoms with E-state index in [0.29, 0.717) is 13.0 Å². The van der Waals surface area contributed by atoms with Gasteiger partial charge in [-0.15, -0.1) is 0 Å². The van der Waals surface area contributed by atoms with Gasteiger partial charge >= 0.3 is 6.03 Å². The number of benzene rings is 1. The van der Waals surface area contributed by atoms with Crippen molar-refractivity contribution in [2.45, 2.75) is 32.2 Å². The predicted octanol–water partition coefficient (Wildman–Crippen LogP) is 2.12. The molecule has 0 aliphatic carbocycles. The minimum Gasteiger partial charge on any atom is -0.395 e. The van der Waals surface area contributed by atoms with Crippen molar-refractivity contribution in [3.8, 4) is 11.8 Å². The summed E-state index contributed by atoms with van der Waals surface area (Å²) in [6.45, 7) is 2.26. The van der Waals surface area contributed by atoms with Gasteiger partial charge in [0, 0.05) is 31.6 Å². The third-order valence-corrected chi connectivity index (χ3v) is 3.55. The zero-order valence-electron chi connectivity index (χ0n) is 12.3. The van der Waals surface area contributed by atoms with Gasteiger partial charge in [0.15, 0.2) is 0 Å². The Morgan fingerprint density at radius 3 is 2.76 bits per heavy atom. The van der Waals surface area contributed by atoms with Crippen LogP contribution < -0.4 is 5.32 Å². The van der Waals surface area contributed by atoms with Crippen molar-refractivity contribution in [2.75, 3.05) is 19.7 Å². The van der Waals surface area contributed by atoms with Crippen LogP contribution in [0.25, 0.3) is 0 Å². The average molecular weight is 286 g/mol. The van der Waals surface area contributed by atoms with Crippen molar-refractivity contribution in [1.82, 2.24) is 10.2 Å². The van der Waals surface area contributed by atoms with Crippen molar-refractivity contribution < 1.29 is 9.90 Å². The number of hydrogen-bond donors (Lipinski definition) is 2. The second-order valence-corrected chi connectivity index (χ2v) is 5.14. The molecule has 1 aromatic carbocycles. The molecule has 0 aromatic heterocycles. The van der Waals surface area contributed by atoms with Gasteiger partial charge in [0.2, 0.25) is 0 Å². The number of aliphatic hydroxyl groups is 1. The quantitative estimate of drug-likeness (QED) is 0.836. The summed E-state index contributed by atoms with van der Waals surface area (Å²) in [5.74, 6) is 5.96. The van der Waals surface area contributed by atoms with Gasteiger partial charge in [-0.05, 0) is 30.9 Å². The standard InChI is InChI=1S/C17H22N2O2/c20-13-7-4-9-15-8-2-3-10-16(15)14-18-17(21)19-11-5-1-6-12-19/h2-3,8,10,20H,1,5-7,11-14H2,(H,18,21). The van der Waals surface area contributed by atoms with E-state index in [1.54, 1.807) is 0 Å². The number of amides is 2. The van der Waals surface area contributed by atoms with Crippen LogP contribution in [0.3, 0.4) is 0 Å². The Morgan fingerprint density at radius 1 is 1.24 bits per heavy atom. The molecule has 2 amide bonds. The number of nitrogens with zero attached hydrogens (tertiary/aromatic N) is 1. The van der Waals surface area contributed by atoms with Gasteiger partial charge in [-0.2, -0.15) is 0 Å². The Morgan fingerprint density at radius 2 is 2.00 bits per heavy atom. The highest BCUT2D eigenvalue weighted by atomic mass is 16.2. The van der Waals surface area contributed by atoms with Gasteiger partial charge in [0.1, 0.15) is 0 Å². The molecule has 1 aromatic rings. The van der Waals surface area contributed by atoms with Gasteiger partial charge in [-0.25, -0.2) is 4.79 Å². The predicted molar refractivity (Wildman–Crippen MR) is 82.7 cm³/mol. The van der Waals surface area contributed by atoms with E-state index in [1.165, 1.54) is 6.42 Å². The number of likely N-dealkylation sites (tertiary alicyclic amines) is 1. The maximum Gasteiger partial charge on any atom is 0.317 e. The van der Waals surface area contributed by atoms with E-state index in [2.05, 4.69) is 17.2 Å². The summed E-state index contributed by atoms with van der Waals surface area (Å²) in [5.41, 5.74) is 1.91. The van der Waals surface area contributed by atoms with E-state index in [1.807, 2.05) is 29.2 Å². The SMILES string of the molecule is O=C(NCc1ccccc1C#CCCO)N1CCCCC1. The first-order chi connectivity index (χ1) is 10.3. The third-order valence-electron chi connectivity index (χ3n) is 3.55. The number of piperidine rings is 1. The Balaban J connectivity index is 1.93. The van der Waals surface area contributed by atoms with Crippen LogP contribution in [0, 0.1) is 11.8 Å². The van der Waals surface area contributed by atoms with Gasteiger partial charge in [-0.1, -0.05) is 30.0 Å². The lowest BCUT2D eigenvalue weighted by Gasteiger charge is -2.26. The minimum absolute atomic E-state index is 0.00724. The van der Waals surface area contributed by atoms with Crippen LogP contribution in [0.15, 0.2) is 24.3 Å². The van der Waals surface area contributed by atoms with Crippen molar-refractivity contribution in [3.05, 3.63) is 35.4 Å². The van der Waals surface area contributed by atoms with Crippen molar-refractivity contribution >= 4 is 6.03 Å². The zero-order valence-corrected chi connectivity index (χ0v) is 12.3. The number of nitrogens with one attached hydrogen (secondary N) is 1. The molecule has 2 rings (SSSR count). The summed E-state index contributed by atoms with van der Waals surface area (Å²) in [6.07, 6.45) is 3.87. The molecule has 0 saturated carbocycles. The Bertz CT molecular complexity index is 525. The van der Waals surface area contributed by atoms with E-state index in [4.69, 9.17) is 5.11 Å². The minimum atomic E-state index is 0.00724. The van der Waals surface area contributed by atoms with E-state index < -0.39 is 0 Å². The lowest BCUT2D eigenvalue weighted by atomic mass is 10.1. The van der Waals surface area contributed by atoms with E-state index in [0.717, 1.165) is 37.1 Å². The molecule has 0 unspecified atom stereocenters. The molecule has 1 heterocycles. The molecular formula is C17H22N2O2. The van der Waals surface area contributed by atoms with Crippen LogP contribution in [0.1, 0.15) is 36.8 Å². The fourth-order valence-electron chi connectivity index (χ4n) is 2.39. The maximum absolute atomic E-state index is 12.1. The number of aliphatic hydroxyl groups excluding tert-OH is 1. The summed E-state index contributed by atoms with van der Waals surface area (Å²) in [6, 6.07) is 7.79. The van der Waals surface area contributed by atoms with Crippen LogP contribution in [-0.4, -0.2) is 35.7 Å². The second kappa shape index (κ2) is 8.33. The molecule has 112 valence electrons. The average Bonchev–Trinajstić information content (AvgIpc) is 2.54. The number of rotatable bonds is 3. The Labute approximate surface area is 126 Å². The first-order valence-electron chi connectivity index (χ1n) is 7.51. The van der Waals surface area contributed by atoms with E-state index in [9.17, 15) is 4.79 Å². The van der Waals surface area contributed by atoms with Crippen LogP contribution in [0.4, 0.5) is 4.79 Å². The summed E-state index contributed by atoms with van der Waals surface area (Å²) in [7, 11) is 0. The highest BCUT2D eigenvalue weighted by molar-refractivity contribution is 5.74. The van der Waals surface area contributed by atoms with Crippen LogP contribution in [0.2, 0.25) is 0 Å². The molecule has 0 bridgehead atoms. The number of hydrogen-bond acceptors (Lipinski definition) is 2. The lowest BCUT2D eigenvalue weighted by molar-refractivity contribution is 0.186. The van der Waals surface area contributed by atoms with Gasteiger partial charge in [0.05, 0.1) is 6.61 Å². The number of carbonyl (C=O) groups excluding carboxylic acids is 1. The molecule has 21 heavy (non-hydrogen) atoms. The molecule has 1 aliphatic rings. The van der Waals surface area contributed by atoms with Crippen LogP contribution >= 0.6 is 0 Å². The molecule has 1 fully saturated rings. The Hall–Kier alpha value is -1.99.